The number of benzene rings is 1. The Morgan fingerprint density at radius 2 is 1.78 bits per heavy atom. The molecule has 0 aromatic heterocycles. The number of carbonyl (C=O) groups is 1. The van der Waals surface area contributed by atoms with Gasteiger partial charge in [0.15, 0.2) is 0 Å². The number of rotatable bonds is 10. The van der Waals surface area contributed by atoms with Crippen LogP contribution in [0.5, 0.6) is 5.75 Å². The molecule has 4 nitrogen and oxygen atoms in total. The molecule has 0 aliphatic heterocycles. The third kappa shape index (κ3) is 6.24. The van der Waals surface area contributed by atoms with E-state index in [1.807, 2.05) is 12.1 Å². The highest BCUT2D eigenvalue weighted by atomic mass is 16.6. The molecule has 0 saturated heterocycles. The zero-order valence-corrected chi connectivity index (χ0v) is 17.6. The number of esters is 1. The van der Waals surface area contributed by atoms with Gasteiger partial charge in [0.1, 0.15) is 11.4 Å². The van der Waals surface area contributed by atoms with Gasteiger partial charge in [-0.2, -0.15) is 0 Å². The highest BCUT2D eigenvalue weighted by molar-refractivity contribution is 5.70. The Bertz CT molecular complexity index is 561. The van der Waals surface area contributed by atoms with Crippen LogP contribution in [0, 0.1) is 0 Å². The van der Waals surface area contributed by atoms with E-state index in [0.29, 0.717) is 6.42 Å². The monoisotopic (exact) mass is 375 g/mol. The van der Waals surface area contributed by atoms with Crippen molar-refractivity contribution in [3.63, 3.8) is 0 Å². The summed E-state index contributed by atoms with van der Waals surface area (Å²) >= 11 is 0. The molecule has 0 N–H and O–H groups in total. The molecule has 0 spiro atoms. The Morgan fingerprint density at radius 1 is 1.11 bits per heavy atom. The van der Waals surface area contributed by atoms with Crippen LogP contribution < -0.4 is 4.74 Å². The van der Waals surface area contributed by atoms with E-state index >= 15 is 0 Å². The molecular formula is C23H37NO3. The number of unbranched alkanes of at least 4 members (excludes halogenated alkanes) is 2. The third-order valence-corrected chi connectivity index (χ3v) is 5.70. The van der Waals surface area contributed by atoms with Gasteiger partial charge in [-0.05, 0) is 63.9 Å². The Kier molecular flexibility index (Phi) is 8.62. The van der Waals surface area contributed by atoms with Crippen molar-refractivity contribution in [2.45, 2.75) is 76.2 Å². The second kappa shape index (κ2) is 10.7. The van der Waals surface area contributed by atoms with Crippen molar-refractivity contribution in [3.05, 3.63) is 29.8 Å². The van der Waals surface area contributed by atoms with Crippen molar-refractivity contribution >= 4 is 5.97 Å². The van der Waals surface area contributed by atoms with Gasteiger partial charge in [-0.3, -0.25) is 4.79 Å². The summed E-state index contributed by atoms with van der Waals surface area (Å²) in [6, 6.07) is 8.29. The molecule has 1 aliphatic carbocycles. The summed E-state index contributed by atoms with van der Waals surface area (Å²) in [7, 11) is 5.87. The van der Waals surface area contributed by atoms with Crippen LogP contribution in [0.3, 0.4) is 0 Å². The fourth-order valence-electron chi connectivity index (χ4n) is 4.25. The molecule has 1 aliphatic rings. The first-order valence-corrected chi connectivity index (χ1v) is 10.5. The summed E-state index contributed by atoms with van der Waals surface area (Å²) in [6.07, 6.45) is 9.06. The first-order chi connectivity index (χ1) is 13.0. The average molecular weight is 376 g/mol. The molecule has 1 fully saturated rings. The summed E-state index contributed by atoms with van der Waals surface area (Å²) in [5, 5.41) is 0. The van der Waals surface area contributed by atoms with Crippen LogP contribution in [-0.2, 0) is 9.53 Å². The molecule has 1 aromatic rings. The number of carbonyl (C=O) groups excluding carboxylic acids is 1. The number of hydrogen-bond donors (Lipinski definition) is 0. The van der Waals surface area contributed by atoms with Crippen molar-refractivity contribution < 1.29 is 14.3 Å². The quantitative estimate of drug-likeness (QED) is 0.418. The van der Waals surface area contributed by atoms with E-state index in [4.69, 9.17) is 9.47 Å². The molecule has 0 heterocycles. The Morgan fingerprint density at radius 3 is 2.33 bits per heavy atom. The second-order valence-electron chi connectivity index (χ2n) is 8.14. The number of methoxy groups -OCH3 is 1. The molecule has 152 valence electrons. The second-order valence-corrected chi connectivity index (χ2v) is 8.14. The average Bonchev–Trinajstić information content (AvgIpc) is 2.67. The zero-order valence-electron chi connectivity index (χ0n) is 17.6. The largest absolute Gasteiger partial charge is 0.497 e. The zero-order chi connectivity index (χ0) is 19.7. The Labute approximate surface area is 165 Å². The van der Waals surface area contributed by atoms with Gasteiger partial charge in [0, 0.05) is 18.9 Å². The van der Waals surface area contributed by atoms with Crippen LogP contribution in [0.25, 0.3) is 0 Å². The number of nitrogens with zero attached hydrogens (tertiary/aromatic N) is 1. The van der Waals surface area contributed by atoms with Crippen molar-refractivity contribution in [2.75, 3.05) is 27.7 Å². The predicted octanol–water partition coefficient (Wildman–Crippen LogP) is 5.17. The van der Waals surface area contributed by atoms with E-state index in [1.165, 1.54) is 12.0 Å². The van der Waals surface area contributed by atoms with E-state index < -0.39 is 0 Å². The van der Waals surface area contributed by atoms with Crippen LogP contribution in [0.4, 0.5) is 0 Å². The maximum atomic E-state index is 12.7. The molecule has 0 amide bonds. The summed E-state index contributed by atoms with van der Waals surface area (Å²) in [4.78, 5) is 14.9. The molecule has 1 saturated carbocycles. The molecule has 0 bridgehead atoms. The van der Waals surface area contributed by atoms with E-state index in [-0.39, 0.29) is 17.5 Å². The van der Waals surface area contributed by atoms with E-state index in [1.54, 1.807) is 7.11 Å². The highest BCUT2D eigenvalue weighted by Gasteiger charge is 2.44. The lowest BCUT2D eigenvalue weighted by Crippen LogP contribution is -2.46. The molecule has 1 unspecified atom stereocenters. The van der Waals surface area contributed by atoms with Crippen LogP contribution in [0.15, 0.2) is 24.3 Å². The van der Waals surface area contributed by atoms with Crippen molar-refractivity contribution in [3.8, 4) is 5.75 Å². The van der Waals surface area contributed by atoms with Gasteiger partial charge in [-0.1, -0.05) is 38.3 Å². The maximum Gasteiger partial charge on any atom is 0.306 e. The smallest absolute Gasteiger partial charge is 0.306 e. The molecular weight excluding hydrogens is 338 g/mol. The Hall–Kier alpha value is -1.55. The standard InChI is InChI=1S/C23H37NO3/c1-5-6-8-11-22(25)27-23(16-9-7-10-17-23)21(18-24(2)3)19-12-14-20(26-4)15-13-19/h12-15,21H,5-11,16-18H2,1-4H3. The summed E-state index contributed by atoms with van der Waals surface area (Å²) in [5.41, 5.74) is 0.841. The lowest BCUT2D eigenvalue weighted by molar-refractivity contribution is -0.167. The first-order valence-electron chi connectivity index (χ1n) is 10.5. The number of hydrogen-bond acceptors (Lipinski definition) is 4. The van der Waals surface area contributed by atoms with Gasteiger partial charge >= 0.3 is 5.97 Å². The normalized spacial score (nSPS) is 17.5. The minimum Gasteiger partial charge on any atom is -0.497 e. The first kappa shape index (κ1) is 21.7. The number of ether oxygens (including phenoxy) is 2. The topological polar surface area (TPSA) is 38.8 Å². The molecule has 0 radical (unpaired) electrons. The van der Waals surface area contributed by atoms with Gasteiger partial charge in [0.05, 0.1) is 7.11 Å². The van der Waals surface area contributed by atoms with Crippen molar-refractivity contribution in [1.82, 2.24) is 4.90 Å². The fraction of sp³-hybridized carbons (Fsp3) is 0.696. The molecule has 1 aromatic carbocycles. The van der Waals surface area contributed by atoms with Crippen LogP contribution >= 0.6 is 0 Å². The lowest BCUT2D eigenvalue weighted by atomic mass is 9.72. The van der Waals surface area contributed by atoms with Crippen molar-refractivity contribution in [2.24, 2.45) is 0 Å². The van der Waals surface area contributed by atoms with E-state index in [9.17, 15) is 4.79 Å². The van der Waals surface area contributed by atoms with Gasteiger partial charge in [0.25, 0.3) is 0 Å². The van der Waals surface area contributed by atoms with Crippen LogP contribution in [-0.4, -0.2) is 44.2 Å². The molecule has 1 atom stereocenters. The summed E-state index contributed by atoms with van der Waals surface area (Å²) in [5.74, 6) is 1.01. The van der Waals surface area contributed by atoms with Gasteiger partial charge in [-0.15, -0.1) is 0 Å². The van der Waals surface area contributed by atoms with Gasteiger partial charge in [0.2, 0.25) is 0 Å². The summed E-state index contributed by atoms with van der Waals surface area (Å²) in [6.45, 7) is 3.03. The van der Waals surface area contributed by atoms with Crippen molar-refractivity contribution in [1.29, 1.82) is 0 Å². The molecule has 2 rings (SSSR count). The van der Waals surface area contributed by atoms with Gasteiger partial charge in [-0.25, -0.2) is 0 Å². The predicted molar refractivity (Wildman–Crippen MR) is 110 cm³/mol. The summed E-state index contributed by atoms with van der Waals surface area (Å²) < 4.78 is 11.6. The highest BCUT2D eigenvalue weighted by Crippen LogP contribution is 2.44. The van der Waals surface area contributed by atoms with Crippen LogP contribution in [0.2, 0.25) is 0 Å². The number of likely N-dealkylation sites (N-methyl/N-ethyl adjacent to an activating group) is 1. The third-order valence-electron chi connectivity index (χ3n) is 5.70. The van der Waals surface area contributed by atoms with E-state index in [2.05, 4.69) is 38.1 Å². The molecule has 27 heavy (non-hydrogen) atoms. The SMILES string of the molecule is CCCCCC(=O)OC1(C(CN(C)C)c2ccc(OC)cc2)CCCCC1. The van der Waals surface area contributed by atoms with Crippen LogP contribution in [0.1, 0.15) is 76.2 Å². The van der Waals surface area contributed by atoms with E-state index in [0.717, 1.165) is 57.2 Å². The lowest BCUT2D eigenvalue weighted by Gasteiger charge is -2.44. The maximum absolute atomic E-state index is 12.7. The molecule has 4 heteroatoms. The minimum atomic E-state index is -0.388. The minimum absolute atomic E-state index is 0.0254. The fourth-order valence-corrected chi connectivity index (χ4v) is 4.25. The Balaban J connectivity index is 2.27. The van der Waals surface area contributed by atoms with Gasteiger partial charge < -0.3 is 14.4 Å².